The molecule has 1 aromatic carbocycles. The number of nitrogens with zero attached hydrogens (tertiary/aromatic N) is 2. The van der Waals surface area contributed by atoms with Gasteiger partial charge in [0.25, 0.3) is 5.91 Å². The summed E-state index contributed by atoms with van der Waals surface area (Å²) in [4.78, 5) is 22.4. The van der Waals surface area contributed by atoms with Crippen molar-refractivity contribution >= 4 is 17.4 Å². The van der Waals surface area contributed by atoms with Crippen LogP contribution in [-0.2, 0) is 0 Å². The van der Waals surface area contributed by atoms with E-state index >= 15 is 0 Å². The van der Waals surface area contributed by atoms with Crippen molar-refractivity contribution in [1.82, 2.24) is 10.2 Å². The number of phenols is 1. The number of H-pyrrole nitrogens is 1. The summed E-state index contributed by atoms with van der Waals surface area (Å²) in [6.45, 7) is 3.57. The van der Waals surface area contributed by atoms with Crippen molar-refractivity contribution in [2.24, 2.45) is 0 Å². The first-order chi connectivity index (χ1) is 11.9. The predicted molar refractivity (Wildman–Crippen MR) is 88.5 cm³/mol. The van der Waals surface area contributed by atoms with E-state index < -0.39 is 22.3 Å². The molecule has 0 saturated carbocycles. The molecule has 3 N–H and O–H groups in total. The molecule has 0 fully saturated rings. The van der Waals surface area contributed by atoms with E-state index in [1.807, 2.05) is 13.0 Å². The Morgan fingerprint density at radius 3 is 2.72 bits per heavy atom. The maximum absolute atomic E-state index is 12.3. The van der Waals surface area contributed by atoms with Gasteiger partial charge in [-0.1, -0.05) is 0 Å². The van der Waals surface area contributed by atoms with Crippen molar-refractivity contribution in [3.63, 3.8) is 0 Å². The van der Waals surface area contributed by atoms with Crippen LogP contribution >= 0.6 is 0 Å². The zero-order valence-corrected chi connectivity index (χ0v) is 13.4. The number of nitrogens with one attached hydrogen (secondary N) is 2. The van der Waals surface area contributed by atoms with Gasteiger partial charge in [-0.15, -0.1) is 0 Å². The molecule has 128 valence electrons. The van der Waals surface area contributed by atoms with Gasteiger partial charge in [-0.3, -0.25) is 20.0 Å². The smallest absolute Gasteiger partial charge is 0.311 e. The summed E-state index contributed by atoms with van der Waals surface area (Å²) in [5.74, 6) is 0.520. The molecule has 0 unspecified atom stereocenters. The van der Waals surface area contributed by atoms with E-state index in [1.54, 1.807) is 13.0 Å². The van der Waals surface area contributed by atoms with Crippen molar-refractivity contribution in [3.8, 4) is 17.2 Å². The lowest BCUT2D eigenvalue weighted by Crippen LogP contribution is -2.13. The lowest BCUT2D eigenvalue weighted by molar-refractivity contribution is -0.385. The average molecular weight is 342 g/mol. The summed E-state index contributed by atoms with van der Waals surface area (Å²) in [6.07, 6.45) is 0. The standard InChI is InChI=1S/C16H14N4O5/c1-8-3-6-13(25-8)14-9(2)15(19-18-14)17-16(22)10-4-5-12(21)11(7-10)20(23)24/h3-7,21H,1-2H3,(H2,17,18,19,22). The van der Waals surface area contributed by atoms with Crippen molar-refractivity contribution < 1.29 is 19.2 Å². The second-order valence-corrected chi connectivity index (χ2v) is 5.40. The van der Waals surface area contributed by atoms with Gasteiger partial charge in [0.2, 0.25) is 0 Å². The molecule has 3 rings (SSSR count). The number of aromatic nitrogens is 2. The SMILES string of the molecule is Cc1ccc(-c2[nH]nc(NC(=O)c3ccc(O)c([N+](=O)[O-])c3)c2C)o1. The van der Waals surface area contributed by atoms with Crippen LogP contribution < -0.4 is 5.32 Å². The summed E-state index contributed by atoms with van der Waals surface area (Å²) in [5.41, 5.74) is 0.775. The van der Waals surface area contributed by atoms with Crippen molar-refractivity contribution in [1.29, 1.82) is 0 Å². The van der Waals surface area contributed by atoms with E-state index in [4.69, 9.17) is 4.42 Å². The van der Waals surface area contributed by atoms with Crippen molar-refractivity contribution in [3.05, 3.63) is 57.3 Å². The number of aromatic hydroxyl groups is 1. The second-order valence-electron chi connectivity index (χ2n) is 5.40. The molecule has 0 spiro atoms. The summed E-state index contributed by atoms with van der Waals surface area (Å²) in [7, 11) is 0. The van der Waals surface area contributed by atoms with Crippen LogP contribution in [0.3, 0.4) is 0 Å². The Morgan fingerprint density at radius 1 is 1.32 bits per heavy atom. The number of nitro benzene ring substituents is 1. The highest BCUT2D eigenvalue weighted by Crippen LogP contribution is 2.29. The number of carbonyl (C=O) groups excluding carboxylic acids is 1. The maximum Gasteiger partial charge on any atom is 0.311 e. The van der Waals surface area contributed by atoms with Gasteiger partial charge in [-0.25, -0.2) is 0 Å². The van der Waals surface area contributed by atoms with E-state index in [2.05, 4.69) is 15.5 Å². The molecule has 0 aliphatic carbocycles. The summed E-state index contributed by atoms with van der Waals surface area (Å²) in [6, 6.07) is 6.98. The number of benzene rings is 1. The number of furan rings is 1. The lowest BCUT2D eigenvalue weighted by Gasteiger charge is -2.04. The molecule has 1 amide bonds. The van der Waals surface area contributed by atoms with Crippen LogP contribution in [-0.4, -0.2) is 26.1 Å². The number of aromatic amines is 1. The topological polar surface area (TPSA) is 134 Å². The monoisotopic (exact) mass is 342 g/mol. The Balaban J connectivity index is 1.86. The minimum Gasteiger partial charge on any atom is -0.502 e. The Hall–Kier alpha value is -3.62. The fourth-order valence-electron chi connectivity index (χ4n) is 2.32. The van der Waals surface area contributed by atoms with Crippen molar-refractivity contribution in [2.75, 3.05) is 5.32 Å². The molecule has 0 aliphatic heterocycles. The first kappa shape index (κ1) is 16.2. The zero-order chi connectivity index (χ0) is 18.1. The lowest BCUT2D eigenvalue weighted by atomic mass is 10.1. The van der Waals surface area contributed by atoms with Crippen LogP contribution in [0, 0.1) is 24.0 Å². The van der Waals surface area contributed by atoms with Gasteiger partial charge in [0.05, 0.1) is 4.92 Å². The van der Waals surface area contributed by atoms with Crippen LogP contribution in [0.5, 0.6) is 5.75 Å². The third kappa shape index (κ3) is 3.07. The average Bonchev–Trinajstić information content (AvgIpc) is 3.14. The highest BCUT2D eigenvalue weighted by molar-refractivity contribution is 6.05. The van der Waals surface area contributed by atoms with E-state index in [9.17, 15) is 20.0 Å². The highest BCUT2D eigenvalue weighted by Gasteiger charge is 2.19. The normalized spacial score (nSPS) is 10.6. The quantitative estimate of drug-likeness (QED) is 0.492. The molecule has 2 aromatic heterocycles. The number of anilines is 1. The van der Waals surface area contributed by atoms with E-state index in [1.165, 1.54) is 6.07 Å². The minimum atomic E-state index is -0.761. The maximum atomic E-state index is 12.3. The molecule has 0 saturated heterocycles. The number of carbonyl (C=O) groups is 1. The minimum absolute atomic E-state index is 0.0299. The van der Waals surface area contributed by atoms with Gasteiger partial charge in [0.15, 0.2) is 17.3 Å². The van der Waals surface area contributed by atoms with E-state index in [0.717, 1.165) is 17.9 Å². The summed E-state index contributed by atoms with van der Waals surface area (Å²) < 4.78 is 5.52. The number of hydrogen-bond acceptors (Lipinski definition) is 6. The van der Waals surface area contributed by atoms with Crippen LogP contribution in [0.15, 0.2) is 34.7 Å². The Labute approximate surface area is 141 Å². The molecule has 0 radical (unpaired) electrons. The van der Waals surface area contributed by atoms with Crippen LogP contribution in [0.2, 0.25) is 0 Å². The number of amides is 1. The molecule has 0 atom stereocenters. The molecule has 2 heterocycles. The summed E-state index contributed by atoms with van der Waals surface area (Å²) >= 11 is 0. The zero-order valence-electron chi connectivity index (χ0n) is 13.4. The molecule has 0 bridgehead atoms. The number of aryl methyl sites for hydroxylation is 1. The van der Waals surface area contributed by atoms with Gasteiger partial charge in [0.1, 0.15) is 11.5 Å². The Morgan fingerprint density at radius 2 is 2.08 bits per heavy atom. The summed E-state index contributed by atoms with van der Waals surface area (Å²) in [5, 5.41) is 29.7. The molecular weight excluding hydrogens is 328 g/mol. The van der Waals surface area contributed by atoms with E-state index in [0.29, 0.717) is 17.0 Å². The van der Waals surface area contributed by atoms with Gasteiger partial charge >= 0.3 is 5.69 Å². The van der Waals surface area contributed by atoms with Crippen LogP contribution in [0.25, 0.3) is 11.5 Å². The number of rotatable bonds is 4. The first-order valence-electron chi connectivity index (χ1n) is 7.27. The number of hydrogen-bond donors (Lipinski definition) is 3. The van der Waals surface area contributed by atoms with Crippen molar-refractivity contribution in [2.45, 2.75) is 13.8 Å². The van der Waals surface area contributed by atoms with Gasteiger partial charge < -0.3 is 14.8 Å². The molecule has 3 aromatic rings. The largest absolute Gasteiger partial charge is 0.502 e. The third-order valence-electron chi connectivity index (χ3n) is 3.66. The third-order valence-corrected chi connectivity index (χ3v) is 3.66. The molecule has 9 nitrogen and oxygen atoms in total. The molecule has 25 heavy (non-hydrogen) atoms. The van der Waals surface area contributed by atoms with Gasteiger partial charge in [-0.2, -0.15) is 5.10 Å². The van der Waals surface area contributed by atoms with Gasteiger partial charge in [-0.05, 0) is 38.1 Å². The number of phenolic OH excluding ortho intramolecular Hbond substituents is 1. The van der Waals surface area contributed by atoms with Crippen LogP contribution in [0.4, 0.5) is 11.5 Å². The molecule has 9 heteroatoms. The highest BCUT2D eigenvalue weighted by atomic mass is 16.6. The number of nitro groups is 1. The predicted octanol–water partition coefficient (Wildman–Crippen LogP) is 3.15. The van der Waals surface area contributed by atoms with E-state index in [-0.39, 0.29) is 11.4 Å². The molecular formula is C16H14N4O5. The Kier molecular flexibility index (Phi) is 3.97. The van der Waals surface area contributed by atoms with Crippen LogP contribution in [0.1, 0.15) is 21.7 Å². The first-order valence-corrected chi connectivity index (χ1v) is 7.27. The van der Waals surface area contributed by atoms with Gasteiger partial charge in [0, 0.05) is 17.2 Å². The fourth-order valence-corrected chi connectivity index (χ4v) is 2.32. The fraction of sp³-hybridized carbons (Fsp3) is 0.125. The second kappa shape index (κ2) is 6.11. The molecule has 0 aliphatic rings. The Bertz CT molecular complexity index is 973.